The van der Waals surface area contributed by atoms with Gasteiger partial charge in [-0.3, -0.25) is 0 Å². The first kappa shape index (κ1) is 48.8. The van der Waals surface area contributed by atoms with Gasteiger partial charge in [0.1, 0.15) is 54.9 Å². The van der Waals surface area contributed by atoms with Crippen LogP contribution < -0.4 is 0 Å². The van der Waals surface area contributed by atoms with Crippen LogP contribution in [0.1, 0.15) is 113 Å². The molecule has 8 rings (SSSR count). The highest BCUT2D eigenvalue weighted by Gasteiger charge is 2.86. The summed E-state index contributed by atoms with van der Waals surface area (Å²) in [5, 5.41) is 120. The Balaban J connectivity index is 0.954. The molecule has 3 saturated heterocycles. The maximum atomic E-state index is 12.5. The molecule has 63 heavy (non-hydrogen) atoms. The van der Waals surface area contributed by atoms with E-state index in [4.69, 9.17) is 28.4 Å². The maximum Gasteiger partial charge on any atom is 0.187 e. The monoisotopic (exact) mass is 903 g/mol. The zero-order chi connectivity index (χ0) is 46.1. The lowest BCUT2D eigenvalue weighted by molar-refractivity contribution is -0.353. The third-order valence-electron chi connectivity index (χ3n) is 19.1. The molecule has 17 heteroatoms. The highest BCUT2D eigenvalue weighted by Crippen LogP contribution is 2.89. The van der Waals surface area contributed by atoms with Crippen LogP contribution in [-0.2, 0) is 28.4 Å². The normalized spacial score (nSPS) is 55.2. The fraction of sp³-hybridized carbons (Fsp3) is 1.00. The standard InChI is InChI=1S/C46H78O17/c1-20(9-10-28(42(5,6)57)61-40-36(32(53)25(49)18-59-40)63-38-34(55)31(52)24(48)17-58-38)22-11-12-44(8)37-23(47)15-26-41(3,4)29(62-39-35(56)33(54)30(51)21(2)60-39)16-27(50)46(26)19-45(37,46)14-13-43(22,44)7/h20-40,47-57H,9-19H2,1-8H3/t20-,21+,22-,23+,24-,25-,26+,27+,28+,29+,30+,31+,32+,33-,34-,35-,36-,37+,38+,39+,40+,43-,44+,45+,46-/m1/s1. The fourth-order valence-corrected chi connectivity index (χ4v) is 15.2. The van der Waals surface area contributed by atoms with Gasteiger partial charge >= 0.3 is 0 Å². The molecule has 364 valence electrons. The van der Waals surface area contributed by atoms with Gasteiger partial charge in [0, 0.05) is 11.8 Å². The van der Waals surface area contributed by atoms with E-state index >= 15 is 0 Å². The van der Waals surface area contributed by atoms with Crippen molar-refractivity contribution in [3.8, 4) is 0 Å². The molecule has 8 fully saturated rings. The second kappa shape index (κ2) is 16.8. The van der Waals surface area contributed by atoms with Gasteiger partial charge in [-0.2, -0.15) is 0 Å². The van der Waals surface area contributed by atoms with Gasteiger partial charge in [0.25, 0.3) is 0 Å². The molecule has 11 N–H and O–H groups in total. The van der Waals surface area contributed by atoms with Crippen molar-refractivity contribution < 1.29 is 84.6 Å². The van der Waals surface area contributed by atoms with Crippen LogP contribution in [0.5, 0.6) is 0 Å². The van der Waals surface area contributed by atoms with E-state index in [1.165, 1.54) is 0 Å². The molecule has 0 aromatic rings. The number of rotatable bonds is 11. The van der Waals surface area contributed by atoms with Gasteiger partial charge in [0.2, 0.25) is 0 Å². The van der Waals surface area contributed by atoms with Crippen LogP contribution >= 0.6 is 0 Å². The predicted molar refractivity (Wildman–Crippen MR) is 221 cm³/mol. The van der Waals surface area contributed by atoms with Gasteiger partial charge in [-0.25, -0.2) is 0 Å². The van der Waals surface area contributed by atoms with Crippen LogP contribution in [0.2, 0.25) is 0 Å². The van der Waals surface area contributed by atoms with Gasteiger partial charge in [0.15, 0.2) is 18.9 Å². The highest BCUT2D eigenvalue weighted by atomic mass is 16.8. The third-order valence-corrected chi connectivity index (χ3v) is 19.1. The van der Waals surface area contributed by atoms with Crippen LogP contribution in [0, 0.1) is 50.7 Å². The number of ether oxygens (including phenoxy) is 6. The molecule has 0 amide bonds. The Morgan fingerprint density at radius 1 is 0.683 bits per heavy atom. The molecule has 8 aliphatic rings. The minimum Gasteiger partial charge on any atom is -0.393 e. The summed E-state index contributed by atoms with van der Waals surface area (Å²) in [5.74, 6) is 0.384. The van der Waals surface area contributed by atoms with Crippen molar-refractivity contribution in [3.05, 3.63) is 0 Å². The van der Waals surface area contributed by atoms with Gasteiger partial charge in [-0.1, -0.05) is 34.6 Å². The number of fused-ring (bicyclic) bond motifs is 2. The first-order valence-electron chi connectivity index (χ1n) is 23.6. The zero-order valence-electron chi connectivity index (χ0n) is 38.3. The van der Waals surface area contributed by atoms with E-state index in [0.717, 1.165) is 32.1 Å². The van der Waals surface area contributed by atoms with Crippen molar-refractivity contribution in [2.45, 2.75) is 223 Å². The summed E-state index contributed by atoms with van der Waals surface area (Å²) in [7, 11) is 0. The van der Waals surface area contributed by atoms with E-state index in [9.17, 15) is 56.2 Å². The van der Waals surface area contributed by atoms with Crippen molar-refractivity contribution in [3.63, 3.8) is 0 Å². The van der Waals surface area contributed by atoms with E-state index in [1.807, 2.05) is 0 Å². The number of hydrogen-bond donors (Lipinski definition) is 11. The predicted octanol–water partition coefficient (Wildman–Crippen LogP) is 0.0545. The maximum absolute atomic E-state index is 12.5. The van der Waals surface area contributed by atoms with E-state index in [1.54, 1.807) is 20.8 Å². The molecule has 0 aromatic carbocycles. The minimum atomic E-state index is -1.65. The summed E-state index contributed by atoms with van der Waals surface area (Å²) in [6, 6.07) is 0. The Hall–Kier alpha value is -0.680. The lowest BCUT2D eigenvalue weighted by Crippen LogP contribution is -2.65. The molecule has 0 aromatic heterocycles. The molecular formula is C46H78O17. The summed E-state index contributed by atoms with van der Waals surface area (Å²) in [5.41, 5.74) is -2.87. The topological polar surface area (TPSA) is 278 Å². The lowest BCUT2D eigenvalue weighted by atomic mass is 9.40. The van der Waals surface area contributed by atoms with Gasteiger partial charge < -0.3 is 84.6 Å². The van der Waals surface area contributed by atoms with E-state index < -0.39 is 121 Å². The summed E-state index contributed by atoms with van der Waals surface area (Å²) in [6.07, 6.45) is -13.8. The highest BCUT2D eigenvalue weighted by molar-refractivity contribution is 5.34. The molecule has 0 unspecified atom stereocenters. The average molecular weight is 903 g/mol. The van der Waals surface area contributed by atoms with Gasteiger partial charge in [0.05, 0.1) is 49.3 Å². The van der Waals surface area contributed by atoms with Gasteiger partial charge in [-0.05, 0) is 117 Å². The smallest absolute Gasteiger partial charge is 0.187 e. The molecule has 5 saturated carbocycles. The lowest BCUT2D eigenvalue weighted by Gasteiger charge is -2.65. The van der Waals surface area contributed by atoms with Crippen LogP contribution in [0.4, 0.5) is 0 Å². The Morgan fingerprint density at radius 3 is 1.98 bits per heavy atom. The first-order chi connectivity index (χ1) is 29.3. The van der Waals surface area contributed by atoms with Gasteiger partial charge in [-0.15, -0.1) is 0 Å². The van der Waals surface area contributed by atoms with E-state index in [-0.39, 0.29) is 53.1 Å². The number of hydrogen-bond acceptors (Lipinski definition) is 17. The van der Waals surface area contributed by atoms with Crippen LogP contribution in [0.25, 0.3) is 0 Å². The van der Waals surface area contributed by atoms with E-state index in [0.29, 0.717) is 25.7 Å². The Labute approximate surface area is 371 Å². The average Bonchev–Trinajstić information content (AvgIpc) is 3.81. The van der Waals surface area contributed by atoms with Crippen LogP contribution in [0.3, 0.4) is 0 Å². The summed E-state index contributed by atoms with van der Waals surface area (Å²) in [4.78, 5) is 0. The van der Waals surface area contributed by atoms with Crippen LogP contribution in [-0.4, -0.2) is 179 Å². The summed E-state index contributed by atoms with van der Waals surface area (Å²) in [6.45, 7) is 15.5. The van der Waals surface area contributed by atoms with Crippen molar-refractivity contribution in [1.82, 2.24) is 0 Å². The quantitative estimate of drug-likeness (QED) is 0.122. The van der Waals surface area contributed by atoms with Crippen molar-refractivity contribution in [1.29, 1.82) is 0 Å². The largest absolute Gasteiger partial charge is 0.393 e. The second-order valence-electron chi connectivity index (χ2n) is 23.0. The summed E-state index contributed by atoms with van der Waals surface area (Å²) < 4.78 is 35.8. The Kier molecular flexibility index (Phi) is 13.0. The zero-order valence-corrected chi connectivity index (χ0v) is 38.3. The van der Waals surface area contributed by atoms with Crippen molar-refractivity contribution >= 4 is 0 Å². The Morgan fingerprint density at radius 2 is 1.32 bits per heavy atom. The molecule has 2 spiro atoms. The molecule has 25 atom stereocenters. The third kappa shape index (κ3) is 7.53. The fourth-order valence-electron chi connectivity index (χ4n) is 15.2. The SMILES string of the molecule is C[C@H](CC[C@H](O[C@@H]1OC[C@@H](O)[C@H](O)[C@H]1O[C@@H]1OC[C@@H](O)[C@H](O)[C@H]1O)C(C)(C)O)[C@H]1CC[C@@]2(C)[C@@H]3[C@@H](O)C[C@H]4C(C)(C)[C@@H](O[C@@H]5O[C@@H](C)[C@H](O)[C@@H](O)[C@H]5O)C[C@H](O)[C@@]45C[C@@]35CC[C@]12C. The molecular weight excluding hydrogens is 824 g/mol. The summed E-state index contributed by atoms with van der Waals surface area (Å²) >= 11 is 0. The van der Waals surface area contributed by atoms with Crippen molar-refractivity contribution in [2.75, 3.05) is 13.2 Å². The minimum absolute atomic E-state index is 0.0215. The Bertz CT molecular complexity index is 1630. The molecule has 5 aliphatic carbocycles. The molecule has 17 nitrogen and oxygen atoms in total. The number of aliphatic hydroxyl groups is 11. The molecule has 0 bridgehead atoms. The molecule has 3 aliphatic heterocycles. The number of aliphatic hydroxyl groups excluding tert-OH is 10. The second-order valence-corrected chi connectivity index (χ2v) is 23.0. The van der Waals surface area contributed by atoms with E-state index in [2.05, 4.69) is 34.6 Å². The molecule has 3 heterocycles. The van der Waals surface area contributed by atoms with Crippen molar-refractivity contribution in [2.24, 2.45) is 50.7 Å². The first-order valence-corrected chi connectivity index (χ1v) is 23.6. The van der Waals surface area contributed by atoms with Crippen LogP contribution in [0.15, 0.2) is 0 Å². The molecule has 0 radical (unpaired) electrons.